The maximum Gasteiger partial charge on any atom is 0.219 e. The van der Waals surface area contributed by atoms with Crippen molar-refractivity contribution in [1.82, 2.24) is 29.3 Å². The minimum Gasteiger partial charge on any atom is -0.497 e. The highest BCUT2D eigenvalue weighted by molar-refractivity contribution is 5.87. The van der Waals surface area contributed by atoms with Crippen LogP contribution in [0.3, 0.4) is 0 Å². The molecule has 172 valence electrons. The molecule has 0 aliphatic carbocycles. The Kier molecular flexibility index (Phi) is 5.08. The molecule has 0 amide bonds. The van der Waals surface area contributed by atoms with Crippen LogP contribution in [0.2, 0.25) is 0 Å². The van der Waals surface area contributed by atoms with Crippen molar-refractivity contribution in [2.45, 2.75) is 33.2 Å². The molecule has 0 saturated heterocycles. The molecule has 0 spiro atoms. The molecule has 2 N–H and O–H groups in total. The topological polar surface area (TPSA) is 96.7 Å². The normalized spacial score (nSPS) is 11.8. The summed E-state index contributed by atoms with van der Waals surface area (Å²) < 4.78 is 9.71. The molecule has 3 aromatic heterocycles. The van der Waals surface area contributed by atoms with E-state index in [2.05, 4.69) is 58.6 Å². The summed E-state index contributed by atoms with van der Waals surface area (Å²) in [6.45, 7) is 8.56. The molecule has 8 nitrogen and oxygen atoms in total. The number of hydrogen-bond donors (Lipinski definition) is 1. The van der Waals surface area contributed by atoms with Gasteiger partial charge in [-0.1, -0.05) is 6.07 Å². The molecule has 34 heavy (non-hydrogen) atoms. The molecule has 0 fully saturated rings. The second kappa shape index (κ2) is 7.98. The number of anilines is 1. The molecule has 0 bridgehead atoms. The molecule has 5 aromatic rings. The summed E-state index contributed by atoms with van der Waals surface area (Å²) in [5.41, 5.74) is 12.2. The summed E-state index contributed by atoms with van der Waals surface area (Å²) in [6, 6.07) is 12.2. The van der Waals surface area contributed by atoms with Gasteiger partial charge in [0.2, 0.25) is 5.95 Å². The molecule has 0 aliphatic heterocycles. The van der Waals surface area contributed by atoms with Gasteiger partial charge in [-0.15, -0.1) is 0 Å². The van der Waals surface area contributed by atoms with Gasteiger partial charge >= 0.3 is 0 Å². The van der Waals surface area contributed by atoms with Crippen LogP contribution in [0.15, 0.2) is 61.2 Å². The van der Waals surface area contributed by atoms with Crippen LogP contribution in [-0.2, 0) is 5.54 Å². The van der Waals surface area contributed by atoms with Crippen molar-refractivity contribution in [2.75, 3.05) is 12.8 Å². The highest BCUT2D eigenvalue weighted by Gasteiger charge is 2.25. The Hall–Kier alpha value is -4.20. The summed E-state index contributed by atoms with van der Waals surface area (Å²) >= 11 is 0. The van der Waals surface area contributed by atoms with Gasteiger partial charge < -0.3 is 15.0 Å². The van der Waals surface area contributed by atoms with Gasteiger partial charge in [0.05, 0.1) is 30.0 Å². The third-order valence-electron chi connectivity index (χ3n) is 5.73. The summed E-state index contributed by atoms with van der Waals surface area (Å²) in [5.74, 6) is 1.86. The van der Waals surface area contributed by atoms with Crippen LogP contribution < -0.4 is 10.5 Å². The largest absolute Gasteiger partial charge is 0.497 e. The number of nitrogen functional groups attached to an aromatic ring is 1. The first-order valence-corrected chi connectivity index (χ1v) is 11.1. The lowest BCUT2D eigenvalue weighted by Crippen LogP contribution is -2.23. The maximum absolute atomic E-state index is 5.66. The molecular formula is C26H27N7O. The van der Waals surface area contributed by atoms with Gasteiger partial charge in [-0.25, -0.2) is 19.6 Å². The van der Waals surface area contributed by atoms with Crippen LogP contribution in [0.4, 0.5) is 5.95 Å². The summed E-state index contributed by atoms with van der Waals surface area (Å²) in [5, 5.41) is 4.55. The zero-order valence-corrected chi connectivity index (χ0v) is 19.9. The first-order chi connectivity index (χ1) is 16.2. The number of methoxy groups -OCH3 is 1. The quantitative estimate of drug-likeness (QED) is 0.411. The van der Waals surface area contributed by atoms with E-state index < -0.39 is 0 Å². The predicted octanol–water partition coefficient (Wildman–Crippen LogP) is 5.00. The maximum atomic E-state index is 5.66. The van der Waals surface area contributed by atoms with E-state index in [9.17, 15) is 0 Å². The molecule has 2 aromatic carbocycles. The van der Waals surface area contributed by atoms with Gasteiger partial charge in [-0.05, 0) is 69.2 Å². The molecule has 0 saturated carbocycles. The number of imidazole rings is 1. The van der Waals surface area contributed by atoms with Crippen molar-refractivity contribution in [3.8, 4) is 34.0 Å². The second-order valence-electron chi connectivity index (χ2n) is 9.32. The van der Waals surface area contributed by atoms with Gasteiger partial charge in [0.15, 0.2) is 0 Å². The van der Waals surface area contributed by atoms with E-state index in [4.69, 9.17) is 15.5 Å². The minimum absolute atomic E-state index is 0.226. The van der Waals surface area contributed by atoms with Crippen molar-refractivity contribution in [2.24, 2.45) is 0 Å². The zero-order chi connectivity index (χ0) is 24.0. The lowest BCUT2D eigenvalue weighted by Gasteiger charge is -2.25. The Morgan fingerprint density at radius 3 is 2.35 bits per heavy atom. The molecule has 3 heterocycles. The van der Waals surface area contributed by atoms with Gasteiger partial charge in [0, 0.05) is 35.3 Å². The first-order valence-electron chi connectivity index (χ1n) is 11.1. The van der Waals surface area contributed by atoms with Crippen LogP contribution in [-0.4, -0.2) is 36.4 Å². The summed E-state index contributed by atoms with van der Waals surface area (Å²) in [7, 11) is 1.67. The van der Waals surface area contributed by atoms with Crippen molar-refractivity contribution in [3.05, 3.63) is 66.7 Å². The molecule has 8 heteroatoms. The van der Waals surface area contributed by atoms with Gasteiger partial charge in [-0.2, -0.15) is 5.10 Å². The number of nitrogens with zero attached hydrogens (tertiary/aromatic N) is 6. The van der Waals surface area contributed by atoms with E-state index in [0.717, 1.165) is 50.5 Å². The third kappa shape index (κ3) is 3.77. The Labute approximate surface area is 198 Å². The van der Waals surface area contributed by atoms with Gasteiger partial charge in [0.1, 0.15) is 11.6 Å². The number of rotatable bonds is 4. The van der Waals surface area contributed by atoms with E-state index in [1.807, 2.05) is 42.2 Å². The standard InChI is InChI=1S/C26H27N7O/c1-16-12-30-32(15-16)22-9-7-19(34-5)11-20(22)24-31-21-10-17(18-13-28-25(27)29-14-18)6-8-23(21)33(24)26(2,3)4/h6-15H,1-5H3,(H2,27,28,29). The summed E-state index contributed by atoms with van der Waals surface area (Å²) in [6.07, 6.45) is 7.31. The Balaban J connectivity index is 1.77. The van der Waals surface area contributed by atoms with Crippen LogP contribution in [0.1, 0.15) is 26.3 Å². The fraction of sp³-hybridized carbons (Fsp3) is 0.231. The monoisotopic (exact) mass is 453 g/mol. The number of aryl methyl sites for hydroxylation is 1. The molecular weight excluding hydrogens is 426 g/mol. The lowest BCUT2D eigenvalue weighted by atomic mass is 10.0. The van der Waals surface area contributed by atoms with E-state index >= 15 is 0 Å². The number of ether oxygens (including phenoxy) is 1. The Morgan fingerprint density at radius 1 is 0.941 bits per heavy atom. The van der Waals surface area contributed by atoms with Crippen molar-refractivity contribution < 1.29 is 4.74 Å². The number of fused-ring (bicyclic) bond motifs is 1. The molecule has 0 radical (unpaired) electrons. The molecule has 5 rings (SSSR count). The SMILES string of the molecule is COc1ccc(-n2cc(C)cn2)c(-c2nc3cc(-c4cnc(N)nc4)ccc3n2C(C)(C)C)c1. The number of hydrogen-bond acceptors (Lipinski definition) is 6. The highest BCUT2D eigenvalue weighted by Crippen LogP contribution is 2.37. The Morgan fingerprint density at radius 2 is 1.71 bits per heavy atom. The van der Waals surface area contributed by atoms with E-state index in [-0.39, 0.29) is 11.5 Å². The van der Waals surface area contributed by atoms with Crippen molar-refractivity contribution in [1.29, 1.82) is 0 Å². The fourth-order valence-electron chi connectivity index (χ4n) is 4.17. The predicted molar refractivity (Wildman–Crippen MR) is 134 cm³/mol. The van der Waals surface area contributed by atoms with Crippen molar-refractivity contribution >= 4 is 17.0 Å². The lowest BCUT2D eigenvalue weighted by molar-refractivity contribution is 0.410. The minimum atomic E-state index is -0.226. The Bertz CT molecular complexity index is 1490. The van der Waals surface area contributed by atoms with E-state index in [1.165, 1.54) is 0 Å². The molecule has 0 atom stereocenters. The van der Waals surface area contributed by atoms with Crippen LogP contribution >= 0.6 is 0 Å². The van der Waals surface area contributed by atoms with E-state index in [0.29, 0.717) is 0 Å². The molecule has 0 aliphatic rings. The average Bonchev–Trinajstić information content (AvgIpc) is 3.42. The number of nitrogens with two attached hydrogens (primary N) is 1. The fourth-order valence-corrected chi connectivity index (χ4v) is 4.17. The smallest absolute Gasteiger partial charge is 0.219 e. The van der Waals surface area contributed by atoms with Crippen LogP contribution in [0, 0.1) is 6.92 Å². The molecule has 0 unspecified atom stereocenters. The highest BCUT2D eigenvalue weighted by atomic mass is 16.5. The van der Waals surface area contributed by atoms with Gasteiger partial charge in [-0.3, -0.25) is 0 Å². The number of aromatic nitrogens is 6. The van der Waals surface area contributed by atoms with Crippen molar-refractivity contribution in [3.63, 3.8) is 0 Å². The van der Waals surface area contributed by atoms with Crippen LogP contribution in [0.25, 0.3) is 39.2 Å². The third-order valence-corrected chi connectivity index (χ3v) is 5.73. The van der Waals surface area contributed by atoms with Gasteiger partial charge in [0.25, 0.3) is 0 Å². The first kappa shape index (κ1) is 21.6. The summed E-state index contributed by atoms with van der Waals surface area (Å²) in [4.78, 5) is 13.4. The zero-order valence-electron chi connectivity index (χ0n) is 19.9. The number of benzene rings is 2. The second-order valence-corrected chi connectivity index (χ2v) is 9.32. The van der Waals surface area contributed by atoms with Crippen LogP contribution in [0.5, 0.6) is 5.75 Å². The van der Waals surface area contributed by atoms with E-state index in [1.54, 1.807) is 19.5 Å². The average molecular weight is 454 g/mol.